The third-order valence-corrected chi connectivity index (χ3v) is 3.14. The molecule has 0 bridgehead atoms. The van der Waals surface area contributed by atoms with Gasteiger partial charge in [-0.25, -0.2) is 4.98 Å². The average molecular weight is 254 g/mol. The lowest BCUT2D eigenvalue weighted by atomic mass is 10.3. The number of amides is 1. The molecule has 4 nitrogen and oxygen atoms in total. The minimum Gasteiger partial charge on any atom is -0.481 e. The summed E-state index contributed by atoms with van der Waals surface area (Å²) in [6, 6.07) is 3.48. The van der Waals surface area contributed by atoms with Gasteiger partial charge in [-0.15, -0.1) is 11.8 Å². The molecule has 1 amide bonds. The fourth-order valence-corrected chi connectivity index (χ4v) is 1.69. The maximum atomic E-state index is 11.6. The highest BCUT2D eigenvalue weighted by Gasteiger charge is 2.13. The molecule has 0 atom stereocenters. The van der Waals surface area contributed by atoms with E-state index in [1.165, 1.54) is 0 Å². The molecule has 17 heavy (non-hydrogen) atoms. The first-order valence-corrected chi connectivity index (χ1v) is 6.33. The molecule has 1 aromatic heterocycles. The van der Waals surface area contributed by atoms with Gasteiger partial charge in [-0.1, -0.05) is 20.8 Å². The van der Waals surface area contributed by atoms with Crippen molar-refractivity contribution < 1.29 is 9.53 Å². The predicted octanol–water partition coefficient (Wildman–Crippen LogP) is 2.56. The summed E-state index contributed by atoms with van der Waals surface area (Å²) < 4.78 is 5.03. The number of ether oxygens (including phenoxy) is 1. The molecule has 0 aliphatic heterocycles. The molecular weight excluding hydrogens is 236 g/mol. The van der Waals surface area contributed by atoms with Crippen molar-refractivity contribution in [1.29, 1.82) is 0 Å². The lowest BCUT2D eigenvalue weighted by Gasteiger charge is -2.16. The van der Waals surface area contributed by atoms with Crippen molar-refractivity contribution in [2.75, 3.05) is 18.2 Å². The quantitative estimate of drug-likeness (QED) is 0.897. The predicted molar refractivity (Wildman–Crippen MR) is 71.6 cm³/mol. The number of carbonyl (C=O) groups is 1. The van der Waals surface area contributed by atoms with E-state index in [2.05, 4.69) is 31.1 Å². The Morgan fingerprint density at radius 1 is 1.47 bits per heavy atom. The first-order valence-electron chi connectivity index (χ1n) is 5.34. The average Bonchev–Trinajstić information content (AvgIpc) is 2.27. The topological polar surface area (TPSA) is 51.2 Å². The molecule has 1 rings (SSSR count). The molecule has 0 saturated carbocycles. The van der Waals surface area contributed by atoms with Gasteiger partial charge in [-0.2, -0.15) is 0 Å². The molecule has 0 aromatic carbocycles. The van der Waals surface area contributed by atoms with Crippen molar-refractivity contribution in [3.05, 3.63) is 18.3 Å². The first kappa shape index (κ1) is 13.8. The number of methoxy groups -OCH3 is 1. The van der Waals surface area contributed by atoms with E-state index in [4.69, 9.17) is 4.74 Å². The van der Waals surface area contributed by atoms with Crippen LogP contribution in [0.4, 0.5) is 5.69 Å². The van der Waals surface area contributed by atoms with Crippen LogP contribution in [0.3, 0.4) is 0 Å². The standard InChI is InChI=1S/C12H18N2O2S/c1-12(2,3)17-8-10(15)14-9-5-6-11(16-4)13-7-9/h5-7H,8H2,1-4H3,(H,14,15). The van der Waals surface area contributed by atoms with Gasteiger partial charge < -0.3 is 10.1 Å². The van der Waals surface area contributed by atoms with E-state index in [1.807, 2.05) is 0 Å². The largest absolute Gasteiger partial charge is 0.481 e. The zero-order valence-electron chi connectivity index (χ0n) is 10.6. The van der Waals surface area contributed by atoms with E-state index in [-0.39, 0.29) is 10.7 Å². The normalized spacial score (nSPS) is 11.1. The van der Waals surface area contributed by atoms with E-state index in [9.17, 15) is 4.79 Å². The van der Waals surface area contributed by atoms with Gasteiger partial charge in [-0.3, -0.25) is 4.79 Å². The minimum absolute atomic E-state index is 0.0168. The van der Waals surface area contributed by atoms with Gasteiger partial charge in [0.05, 0.1) is 24.7 Å². The number of aromatic nitrogens is 1. The van der Waals surface area contributed by atoms with Crippen LogP contribution in [0.1, 0.15) is 20.8 Å². The second kappa shape index (κ2) is 5.91. The Hall–Kier alpha value is -1.23. The number of hydrogen-bond donors (Lipinski definition) is 1. The summed E-state index contributed by atoms with van der Waals surface area (Å²) in [5.41, 5.74) is 0.685. The van der Waals surface area contributed by atoms with Crippen LogP contribution in [0.25, 0.3) is 0 Å². The Morgan fingerprint density at radius 2 is 2.18 bits per heavy atom. The van der Waals surface area contributed by atoms with Gasteiger partial charge in [0, 0.05) is 10.8 Å². The molecule has 94 valence electrons. The number of pyridine rings is 1. The number of rotatable bonds is 4. The zero-order chi connectivity index (χ0) is 12.9. The highest BCUT2D eigenvalue weighted by molar-refractivity contribution is 8.01. The highest BCUT2D eigenvalue weighted by Crippen LogP contribution is 2.23. The van der Waals surface area contributed by atoms with Crippen molar-refractivity contribution in [1.82, 2.24) is 4.98 Å². The van der Waals surface area contributed by atoms with Crippen LogP contribution in [-0.4, -0.2) is 28.5 Å². The van der Waals surface area contributed by atoms with Crippen molar-refractivity contribution in [3.63, 3.8) is 0 Å². The Balaban J connectivity index is 2.45. The van der Waals surface area contributed by atoms with Crippen molar-refractivity contribution >= 4 is 23.4 Å². The molecule has 1 heterocycles. The van der Waals surface area contributed by atoms with E-state index in [0.29, 0.717) is 17.3 Å². The van der Waals surface area contributed by atoms with Gasteiger partial charge in [0.25, 0.3) is 0 Å². The van der Waals surface area contributed by atoms with Gasteiger partial charge in [0.2, 0.25) is 11.8 Å². The number of hydrogen-bond acceptors (Lipinski definition) is 4. The number of anilines is 1. The first-order chi connectivity index (χ1) is 7.90. The summed E-state index contributed by atoms with van der Waals surface area (Å²) in [6.07, 6.45) is 1.58. The number of thioether (sulfide) groups is 1. The maximum absolute atomic E-state index is 11.6. The Bertz CT molecular complexity index is 371. The fourth-order valence-electron chi connectivity index (χ4n) is 1.05. The lowest BCUT2D eigenvalue weighted by Crippen LogP contribution is -2.18. The number of carbonyl (C=O) groups excluding carboxylic acids is 1. The Kier molecular flexibility index (Phi) is 4.81. The lowest BCUT2D eigenvalue weighted by molar-refractivity contribution is -0.113. The van der Waals surface area contributed by atoms with Crippen molar-refractivity contribution in [2.45, 2.75) is 25.5 Å². The van der Waals surface area contributed by atoms with E-state index < -0.39 is 0 Å². The zero-order valence-corrected chi connectivity index (χ0v) is 11.4. The maximum Gasteiger partial charge on any atom is 0.234 e. The highest BCUT2D eigenvalue weighted by atomic mass is 32.2. The van der Waals surface area contributed by atoms with Crippen LogP contribution in [-0.2, 0) is 4.79 Å². The third kappa shape index (κ3) is 5.58. The molecule has 5 heteroatoms. The fraction of sp³-hybridized carbons (Fsp3) is 0.500. The molecule has 0 fully saturated rings. The molecule has 0 aliphatic carbocycles. The molecule has 0 saturated heterocycles. The summed E-state index contributed by atoms with van der Waals surface area (Å²) in [5.74, 6) is 0.958. The number of nitrogens with one attached hydrogen (secondary N) is 1. The molecule has 0 spiro atoms. The molecule has 0 unspecified atom stereocenters. The van der Waals surface area contributed by atoms with Crippen LogP contribution in [0.5, 0.6) is 5.88 Å². The van der Waals surface area contributed by atoms with Crippen LogP contribution in [0, 0.1) is 0 Å². The van der Waals surface area contributed by atoms with Crippen LogP contribution in [0.2, 0.25) is 0 Å². The van der Waals surface area contributed by atoms with Crippen LogP contribution in [0.15, 0.2) is 18.3 Å². The Morgan fingerprint density at radius 3 is 2.65 bits per heavy atom. The summed E-state index contributed by atoms with van der Waals surface area (Å²) in [6.45, 7) is 6.25. The minimum atomic E-state index is -0.0168. The molecule has 0 radical (unpaired) electrons. The molecule has 1 aromatic rings. The molecule has 0 aliphatic rings. The molecular formula is C12H18N2O2S. The third-order valence-electron chi connectivity index (χ3n) is 1.87. The SMILES string of the molecule is COc1ccc(NC(=O)CSC(C)(C)C)cn1. The van der Waals surface area contributed by atoms with Crippen LogP contribution < -0.4 is 10.1 Å². The van der Waals surface area contributed by atoms with Crippen LogP contribution >= 0.6 is 11.8 Å². The van der Waals surface area contributed by atoms with E-state index >= 15 is 0 Å². The van der Waals surface area contributed by atoms with Gasteiger partial charge in [-0.05, 0) is 6.07 Å². The summed E-state index contributed by atoms with van der Waals surface area (Å²) in [5, 5.41) is 2.79. The summed E-state index contributed by atoms with van der Waals surface area (Å²) in [7, 11) is 1.56. The van der Waals surface area contributed by atoms with Gasteiger partial charge in [0.15, 0.2) is 0 Å². The smallest absolute Gasteiger partial charge is 0.234 e. The van der Waals surface area contributed by atoms with Crippen molar-refractivity contribution in [2.24, 2.45) is 0 Å². The summed E-state index contributed by atoms with van der Waals surface area (Å²) in [4.78, 5) is 15.6. The van der Waals surface area contributed by atoms with Gasteiger partial charge in [0.1, 0.15) is 0 Å². The van der Waals surface area contributed by atoms with E-state index in [0.717, 1.165) is 0 Å². The van der Waals surface area contributed by atoms with E-state index in [1.54, 1.807) is 37.2 Å². The monoisotopic (exact) mass is 254 g/mol. The summed E-state index contributed by atoms with van der Waals surface area (Å²) >= 11 is 1.61. The molecule has 1 N–H and O–H groups in total. The van der Waals surface area contributed by atoms with Gasteiger partial charge >= 0.3 is 0 Å². The van der Waals surface area contributed by atoms with Crippen molar-refractivity contribution in [3.8, 4) is 5.88 Å². The Labute approximate surface area is 106 Å². The second-order valence-corrected chi connectivity index (χ2v) is 6.34. The number of nitrogens with zero attached hydrogens (tertiary/aromatic N) is 1. The second-order valence-electron chi connectivity index (χ2n) is 4.54.